The molecule has 2 aromatic carbocycles. The van der Waals surface area contributed by atoms with Crippen molar-refractivity contribution in [3.05, 3.63) is 47.3 Å². The van der Waals surface area contributed by atoms with Gasteiger partial charge in [0.05, 0.1) is 18.2 Å². The minimum absolute atomic E-state index is 0.224. The van der Waals surface area contributed by atoms with Gasteiger partial charge in [0.15, 0.2) is 0 Å². The third-order valence-corrected chi connectivity index (χ3v) is 4.80. The van der Waals surface area contributed by atoms with E-state index >= 15 is 0 Å². The molecule has 0 bridgehead atoms. The highest BCUT2D eigenvalue weighted by molar-refractivity contribution is 5.93. The van der Waals surface area contributed by atoms with E-state index in [1.807, 2.05) is 31.2 Å². The second-order valence-electron chi connectivity index (χ2n) is 6.60. The van der Waals surface area contributed by atoms with Crippen molar-refractivity contribution in [2.24, 2.45) is 0 Å². The molecule has 1 heterocycles. The minimum Gasteiger partial charge on any atom is -0.494 e. The number of aromatic amines is 1. The van der Waals surface area contributed by atoms with Crippen LogP contribution in [0.2, 0.25) is 0 Å². The quantitative estimate of drug-likeness (QED) is 0.433. The van der Waals surface area contributed by atoms with E-state index in [2.05, 4.69) is 15.5 Å². The van der Waals surface area contributed by atoms with Crippen LogP contribution in [0.1, 0.15) is 30.6 Å². The molecule has 148 valence electrons. The maximum absolute atomic E-state index is 14.5. The zero-order valence-electron chi connectivity index (χ0n) is 16.2. The van der Waals surface area contributed by atoms with Crippen molar-refractivity contribution in [2.45, 2.75) is 26.4 Å². The number of nitrogens with one attached hydrogen (secondary N) is 2. The number of halogens is 1. The van der Waals surface area contributed by atoms with Crippen LogP contribution in [0.4, 0.5) is 4.39 Å². The van der Waals surface area contributed by atoms with Crippen molar-refractivity contribution in [2.75, 3.05) is 20.3 Å². The molecule has 0 radical (unpaired) electrons. The number of hydrogen-bond acceptors (Lipinski definition) is 4. The molecule has 0 aliphatic rings. The lowest BCUT2D eigenvalue weighted by Gasteiger charge is -2.15. The van der Waals surface area contributed by atoms with Gasteiger partial charge in [-0.05, 0) is 61.7 Å². The summed E-state index contributed by atoms with van der Waals surface area (Å²) in [6.07, 6.45) is 1.15. The number of rotatable bonds is 9. The molecular weight excluding hydrogens is 361 g/mol. The number of methoxy groups -OCH3 is 1. The van der Waals surface area contributed by atoms with Gasteiger partial charge in [0, 0.05) is 24.6 Å². The van der Waals surface area contributed by atoms with Crippen LogP contribution in [-0.2, 0) is 9.53 Å². The first-order valence-corrected chi connectivity index (χ1v) is 9.16. The van der Waals surface area contributed by atoms with Crippen LogP contribution in [-0.4, -0.2) is 36.9 Å². The first-order valence-electron chi connectivity index (χ1n) is 9.16. The van der Waals surface area contributed by atoms with Crippen LogP contribution in [0.5, 0.6) is 5.75 Å². The predicted octanol–water partition coefficient (Wildman–Crippen LogP) is 3.90. The first kappa shape index (κ1) is 19.8. The predicted molar refractivity (Wildman–Crippen MR) is 106 cm³/mol. The molecule has 7 heteroatoms. The number of aromatic nitrogens is 2. The van der Waals surface area contributed by atoms with Crippen LogP contribution in [0.3, 0.4) is 0 Å². The Hall–Kier alpha value is -2.93. The van der Waals surface area contributed by atoms with E-state index in [-0.39, 0.29) is 11.9 Å². The Morgan fingerprint density at radius 1 is 1.32 bits per heavy atom. The third-order valence-electron chi connectivity index (χ3n) is 4.80. The van der Waals surface area contributed by atoms with Crippen molar-refractivity contribution in [1.29, 1.82) is 0 Å². The highest BCUT2D eigenvalue weighted by Crippen LogP contribution is 2.33. The van der Waals surface area contributed by atoms with Gasteiger partial charge in [-0.2, -0.15) is 5.10 Å². The fourth-order valence-electron chi connectivity index (χ4n) is 3.11. The average molecular weight is 385 g/mol. The number of ether oxygens (including phenoxy) is 2. The van der Waals surface area contributed by atoms with Crippen molar-refractivity contribution in [3.63, 3.8) is 0 Å². The number of carbonyl (C=O) groups is 1. The summed E-state index contributed by atoms with van der Waals surface area (Å²) in [5.41, 5.74) is 3.55. The van der Waals surface area contributed by atoms with Crippen LogP contribution in [0.15, 0.2) is 30.3 Å². The topological polar surface area (TPSA) is 76.2 Å². The van der Waals surface area contributed by atoms with Gasteiger partial charge < -0.3 is 14.8 Å². The Balaban J connectivity index is 1.92. The Morgan fingerprint density at radius 3 is 2.89 bits per heavy atom. The molecule has 0 aliphatic carbocycles. The minimum atomic E-state index is -0.289. The number of fused-ring (bicyclic) bond motifs is 1. The molecule has 1 amide bonds. The van der Waals surface area contributed by atoms with E-state index in [4.69, 9.17) is 9.47 Å². The molecular formula is C21H24FN3O3. The van der Waals surface area contributed by atoms with E-state index < -0.39 is 0 Å². The third kappa shape index (κ3) is 4.14. The van der Waals surface area contributed by atoms with Crippen LogP contribution < -0.4 is 10.1 Å². The highest BCUT2D eigenvalue weighted by atomic mass is 19.1. The standard InChI is InChI=1S/C21H24FN3O3/c1-13-17(14(2)27-3)9-15(10-19(13)22)21-18-11-16(5-6-20(18)24-25-21)28-8-4-7-23-12-26/h5-6,9-12,14H,4,7-8H2,1-3H3,(H,23,26)(H,24,25). The van der Waals surface area contributed by atoms with Crippen molar-refractivity contribution in [1.82, 2.24) is 15.5 Å². The SMILES string of the molecule is COC(C)c1cc(-c2n[nH]c3ccc(OCCCNC=O)cc23)cc(F)c1C. The van der Waals surface area contributed by atoms with Crippen molar-refractivity contribution in [3.8, 4) is 17.0 Å². The summed E-state index contributed by atoms with van der Waals surface area (Å²) in [4.78, 5) is 10.3. The number of carbonyl (C=O) groups excluding carboxylic acids is 1. The maximum Gasteiger partial charge on any atom is 0.207 e. The average Bonchev–Trinajstić information content (AvgIpc) is 3.12. The lowest BCUT2D eigenvalue weighted by molar-refractivity contribution is -0.109. The molecule has 3 aromatic rings. The van der Waals surface area contributed by atoms with E-state index in [9.17, 15) is 9.18 Å². The fourth-order valence-corrected chi connectivity index (χ4v) is 3.11. The van der Waals surface area contributed by atoms with E-state index in [1.165, 1.54) is 6.07 Å². The molecule has 1 aromatic heterocycles. The lowest BCUT2D eigenvalue weighted by Crippen LogP contribution is -2.14. The van der Waals surface area contributed by atoms with E-state index in [0.717, 1.165) is 16.5 Å². The summed E-state index contributed by atoms with van der Waals surface area (Å²) in [6.45, 7) is 4.68. The monoisotopic (exact) mass is 385 g/mol. The molecule has 1 unspecified atom stereocenters. The normalized spacial score (nSPS) is 12.1. The number of nitrogens with zero attached hydrogens (tertiary/aromatic N) is 1. The summed E-state index contributed by atoms with van der Waals surface area (Å²) in [5, 5.41) is 10.8. The van der Waals surface area contributed by atoms with Crippen LogP contribution in [0.25, 0.3) is 22.2 Å². The molecule has 0 saturated carbocycles. The Labute approximate surface area is 163 Å². The highest BCUT2D eigenvalue weighted by Gasteiger charge is 2.17. The number of amides is 1. The van der Waals surface area contributed by atoms with Gasteiger partial charge in [-0.25, -0.2) is 4.39 Å². The summed E-state index contributed by atoms with van der Waals surface area (Å²) >= 11 is 0. The number of H-pyrrole nitrogens is 1. The molecule has 0 saturated heterocycles. The van der Waals surface area contributed by atoms with Gasteiger partial charge in [-0.15, -0.1) is 0 Å². The zero-order chi connectivity index (χ0) is 20.1. The van der Waals surface area contributed by atoms with Crippen LogP contribution in [0, 0.1) is 12.7 Å². The van der Waals surface area contributed by atoms with E-state index in [0.29, 0.717) is 48.6 Å². The van der Waals surface area contributed by atoms with Gasteiger partial charge >= 0.3 is 0 Å². The first-order chi connectivity index (χ1) is 13.5. The van der Waals surface area contributed by atoms with Gasteiger partial charge in [0.25, 0.3) is 0 Å². The van der Waals surface area contributed by atoms with Gasteiger partial charge in [-0.1, -0.05) is 0 Å². The maximum atomic E-state index is 14.5. The molecule has 6 nitrogen and oxygen atoms in total. The smallest absolute Gasteiger partial charge is 0.207 e. The number of hydrogen-bond donors (Lipinski definition) is 2. The second-order valence-corrected chi connectivity index (χ2v) is 6.60. The Bertz CT molecular complexity index is 971. The molecule has 3 rings (SSSR count). The second kappa shape index (κ2) is 8.84. The van der Waals surface area contributed by atoms with Crippen molar-refractivity contribution >= 4 is 17.3 Å². The van der Waals surface area contributed by atoms with Gasteiger partial charge in [0.2, 0.25) is 6.41 Å². The van der Waals surface area contributed by atoms with Gasteiger partial charge in [-0.3, -0.25) is 9.89 Å². The molecule has 28 heavy (non-hydrogen) atoms. The summed E-state index contributed by atoms with van der Waals surface area (Å²) in [6, 6.07) is 9.04. The zero-order valence-corrected chi connectivity index (χ0v) is 16.2. The largest absolute Gasteiger partial charge is 0.494 e. The van der Waals surface area contributed by atoms with Crippen molar-refractivity contribution < 1.29 is 18.7 Å². The summed E-state index contributed by atoms with van der Waals surface area (Å²) in [7, 11) is 1.60. The Kier molecular flexibility index (Phi) is 6.26. The molecule has 0 fully saturated rings. The molecule has 2 N–H and O–H groups in total. The molecule has 0 aliphatic heterocycles. The summed E-state index contributed by atoms with van der Waals surface area (Å²) < 4.78 is 25.7. The van der Waals surface area contributed by atoms with Crippen LogP contribution >= 0.6 is 0 Å². The molecule has 0 spiro atoms. The van der Waals surface area contributed by atoms with E-state index in [1.54, 1.807) is 14.0 Å². The fraction of sp³-hybridized carbons (Fsp3) is 0.333. The summed E-state index contributed by atoms with van der Waals surface area (Å²) in [5.74, 6) is 0.405. The number of benzene rings is 2. The molecule has 1 atom stereocenters. The Morgan fingerprint density at radius 2 is 2.14 bits per heavy atom. The lowest BCUT2D eigenvalue weighted by atomic mass is 9.97. The van der Waals surface area contributed by atoms with Gasteiger partial charge in [0.1, 0.15) is 17.3 Å².